The third-order valence-corrected chi connectivity index (χ3v) is 1.47. The molecule has 0 bridgehead atoms. The molecule has 0 radical (unpaired) electrons. The van der Waals surface area contributed by atoms with Crippen LogP contribution < -0.4 is 16.6 Å². The molecule has 0 amide bonds. The van der Waals surface area contributed by atoms with Crippen molar-refractivity contribution in [3.8, 4) is 0 Å². The van der Waals surface area contributed by atoms with Gasteiger partial charge in [0.2, 0.25) is 0 Å². The topological polar surface area (TPSA) is 70.3 Å². The van der Waals surface area contributed by atoms with Crippen LogP contribution in [0.15, 0.2) is 0 Å². The highest BCUT2D eigenvalue weighted by Crippen LogP contribution is 2.00. The fraction of sp³-hybridized carbons (Fsp3) is 1.00. The number of nitrogens with one attached hydrogen (secondary N) is 2. The third-order valence-electron chi connectivity index (χ3n) is 1.47. The molecule has 1 fully saturated rings. The van der Waals surface area contributed by atoms with Crippen molar-refractivity contribution >= 4 is 0 Å². The van der Waals surface area contributed by atoms with Crippen LogP contribution in [0.25, 0.3) is 0 Å². The molecule has 1 unspecified atom stereocenters. The van der Waals surface area contributed by atoms with Crippen molar-refractivity contribution in [1.82, 2.24) is 10.9 Å². The normalized spacial score (nSPS) is 29.3. The fourth-order valence-electron chi connectivity index (χ4n) is 0.793. The highest BCUT2D eigenvalue weighted by molar-refractivity contribution is 4.74. The van der Waals surface area contributed by atoms with Crippen LogP contribution >= 0.6 is 0 Å². The van der Waals surface area contributed by atoms with E-state index in [1.165, 1.54) is 0 Å². The zero-order valence-electron chi connectivity index (χ0n) is 5.30. The molecule has 1 saturated heterocycles. The highest BCUT2D eigenvalue weighted by Gasteiger charge is 2.15. The summed E-state index contributed by atoms with van der Waals surface area (Å²) in [6.45, 7) is 0.993. The van der Waals surface area contributed by atoms with E-state index in [0.717, 1.165) is 13.0 Å². The Bertz CT molecular complexity index is 82.3. The van der Waals surface area contributed by atoms with Crippen molar-refractivity contribution in [3.05, 3.63) is 0 Å². The Kier molecular flexibility index (Phi) is 2.41. The standard InChI is InChI=1S/C5H13N3O/c6-5(9)2-1-4-3-7-8-4/h4-5,7-9H,1-3,6H2/t4?,5-/m0/s1. The number of aliphatic hydroxyl groups excluding tert-OH is 1. The second-order valence-electron chi connectivity index (χ2n) is 2.37. The number of nitrogens with two attached hydrogens (primary N) is 1. The molecule has 1 heterocycles. The van der Waals surface area contributed by atoms with Crippen LogP contribution in [0.3, 0.4) is 0 Å². The van der Waals surface area contributed by atoms with Crippen LogP contribution in [0.5, 0.6) is 0 Å². The minimum Gasteiger partial charge on any atom is -0.379 e. The SMILES string of the molecule is N[C@@H](O)CCC1CNN1. The van der Waals surface area contributed by atoms with E-state index in [0.29, 0.717) is 12.5 Å². The summed E-state index contributed by atoms with van der Waals surface area (Å²) < 4.78 is 0. The van der Waals surface area contributed by atoms with Gasteiger partial charge in [-0.3, -0.25) is 10.9 Å². The van der Waals surface area contributed by atoms with E-state index >= 15 is 0 Å². The molecular formula is C5H13N3O. The van der Waals surface area contributed by atoms with Crippen molar-refractivity contribution in [2.45, 2.75) is 25.1 Å². The second kappa shape index (κ2) is 3.12. The smallest absolute Gasteiger partial charge is 0.102 e. The van der Waals surface area contributed by atoms with Gasteiger partial charge in [0.05, 0.1) is 0 Å². The Morgan fingerprint density at radius 1 is 1.78 bits per heavy atom. The summed E-state index contributed by atoms with van der Waals surface area (Å²) in [7, 11) is 0. The van der Waals surface area contributed by atoms with E-state index in [2.05, 4.69) is 10.9 Å². The van der Waals surface area contributed by atoms with Crippen molar-refractivity contribution in [3.63, 3.8) is 0 Å². The average Bonchev–Trinajstić information content (AvgIpc) is 1.60. The second-order valence-corrected chi connectivity index (χ2v) is 2.37. The first kappa shape index (κ1) is 6.95. The molecule has 2 atom stereocenters. The first-order valence-corrected chi connectivity index (χ1v) is 3.21. The lowest BCUT2D eigenvalue weighted by Gasteiger charge is -2.28. The van der Waals surface area contributed by atoms with Gasteiger partial charge in [0.25, 0.3) is 0 Å². The van der Waals surface area contributed by atoms with Gasteiger partial charge in [-0.15, -0.1) is 0 Å². The number of hydrazine groups is 1. The van der Waals surface area contributed by atoms with E-state index in [-0.39, 0.29) is 0 Å². The minimum atomic E-state index is -0.646. The number of rotatable bonds is 3. The van der Waals surface area contributed by atoms with Crippen molar-refractivity contribution in [1.29, 1.82) is 0 Å². The summed E-state index contributed by atoms with van der Waals surface area (Å²) in [6, 6.07) is 0.517. The molecule has 4 heteroatoms. The van der Waals surface area contributed by atoms with Gasteiger partial charge in [0.15, 0.2) is 0 Å². The summed E-state index contributed by atoms with van der Waals surface area (Å²) in [5.74, 6) is 0. The Morgan fingerprint density at radius 3 is 2.78 bits per heavy atom. The van der Waals surface area contributed by atoms with Crippen LogP contribution in [0.1, 0.15) is 12.8 Å². The van der Waals surface area contributed by atoms with Gasteiger partial charge in [-0.05, 0) is 12.8 Å². The molecule has 0 aromatic heterocycles. The largest absolute Gasteiger partial charge is 0.379 e. The average molecular weight is 131 g/mol. The molecule has 1 rings (SSSR count). The molecule has 0 aromatic rings. The molecule has 54 valence electrons. The first-order chi connectivity index (χ1) is 4.29. The van der Waals surface area contributed by atoms with Crippen LogP contribution in [0.2, 0.25) is 0 Å². The number of aliphatic hydroxyl groups is 1. The van der Waals surface area contributed by atoms with Gasteiger partial charge in [0.1, 0.15) is 6.23 Å². The lowest BCUT2D eigenvalue weighted by atomic mass is 10.1. The van der Waals surface area contributed by atoms with Crippen molar-refractivity contribution < 1.29 is 5.11 Å². The Balaban J connectivity index is 1.91. The maximum absolute atomic E-state index is 8.65. The van der Waals surface area contributed by atoms with E-state index in [1.54, 1.807) is 0 Å². The number of hydrogen-bond acceptors (Lipinski definition) is 4. The van der Waals surface area contributed by atoms with Crippen LogP contribution in [-0.4, -0.2) is 23.9 Å². The van der Waals surface area contributed by atoms with Gasteiger partial charge >= 0.3 is 0 Å². The first-order valence-electron chi connectivity index (χ1n) is 3.21. The minimum absolute atomic E-state index is 0.517. The molecule has 0 spiro atoms. The molecule has 0 saturated carbocycles. The Labute approximate surface area is 54.4 Å². The summed E-state index contributed by atoms with van der Waals surface area (Å²) >= 11 is 0. The monoisotopic (exact) mass is 131 g/mol. The van der Waals surface area contributed by atoms with Crippen molar-refractivity contribution in [2.75, 3.05) is 6.54 Å². The van der Waals surface area contributed by atoms with Crippen LogP contribution in [0, 0.1) is 0 Å². The maximum Gasteiger partial charge on any atom is 0.102 e. The molecule has 5 N–H and O–H groups in total. The molecule has 0 aromatic carbocycles. The lowest BCUT2D eigenvalue weighted by Crippen LogP contribution is -2.59. The molecule has 9 heavy (non-hydrogen) atoms. The van der Waals surface area contributed by atoms with Gasteiger partial charge in [-0.25, -0.2) is 0 Å². The van der Waals surface area contributed by atoms with E-state index in [4.69, 9.17) is 10.8 Å². The molecule has 1 aliphatic rings. The zero-order chi connectivity index (χ0) is 6.69. The van der Waals surface area contributed by atoms with Gasteiger partial charge in [-0.2, -0.15) is 0 Å². The summed E-state index contributed by atoms with van der Waals surface area (Å²) in [4.78, 5) is 0. The predicted octanol–water partition coefficient (Wildman–Crippen LogP) is -1.48. The number of hydrogen-bond donors (Lipinski definition) is 4. The van der Waals surface area contributed by atoms with Crippen molar-refractivity contribution in [2.24, 2.45) is 5.73 Å². The van der Waals surface area contributed by atoms with Gasteiger partial charge in [0, 0.05) is 12.6 Å². The fourth-order valence-corrected chi connectivity index (χ4v) is 0.793. The quantitative estimate of drug-likeness (QED) is 0.353. The third kappa shape index (κ3) is 2.28. The summed E-state index contributed by atoms with van der Waals surface area (Å²) in [6.07, 6.45) is 0.983. The Hall–Kier alpha value is -0.160. The summed E-state index contributed by atoms with van der Waals surface area (Å²) in [5, 5.41) is 8.65. The summed E-state index contributed by atoms with van der Waals surface area (Å²) in [5.41, 5.74) is 11.0. The molecule has 0 aliphatic carbocycles. The molecule has 1 aliphatic heterocycles. The maximum atomic E-state index is 8.65. The van der Waals surface area contributed by atoms with Crippen LogP contribution in [-0.2, 0) is 0 Å². The molecular weight excluding hydrogens is 118 g/mol. The van der Waals surface area contributed by atoms with Crippen LogP contribution in [0.4, 0.5) is 0 Å². The Morgan fingerprint density at radius 2 is 2.44 bits per heavy atom. The highest BCUT2D eigenvalue weighted by atomic mass is 16.3. The molecule has 4 nitrogen and oxygen atoms in total. The van der Waals surface area contributed by atoms with Gasteiger partial charge in [-0.1, -0.05) is 0 Å². The van der Waals surface area contributed by atoms with Gasteiger partial charge < -0.3 is 10.8 Å². The van der Waals surface area contributed by atoms with E-state index in [9.17, 15) is 0 Å². The van der Waals surface area contributed by atoms with E-state index < -0.39 is 6.23 Å². The zero-order valence-corrected chi connectivity index (χ0v) is 5.30. The lowest BCUT2D eigenvalue weighted by molar-refractivity contribution is 0.153. The van der Waals surface area contributed by atoms with E-state index in [1.807, 2.05) is 0 Å². The predicted molar refractivity (Wildman–Crippen MR) is 34.4 cm³/mol.